The SMILES string of the molecule is [3H]P(F)B(N)CB. The van der Waals surface area contributed by atoms with Gasteiger partial charge in [0.25, 0.3) is 6.57 Å². The van der Waals surface area contributed by atoms with Crippen LogP contribution < -0.4 is 5.64 Å². The van der Waals surface area contributed by atoms with Crippen molar-refractivity contribution in [3.8, 4) is 0 Å². The predicted octanol–water partition coefficient (Wildman–Crippen LogP) is -0.413. The third-order valence-electron chi connectivity index (χ3n) is 0.544. The molecule has 0 aromatic heterocycles. The lowest BCUT2D eigenvalue weighted by Gasteiger charge is -1.89. The van der Waals surface area contributed by atoms with Crippen LogP contribution in [0.2, 0.25) is 6.22 Å². The first-order chi connectivity index (χ1) is 3.18. The molecule has 0 heterocycles. The highest BCUT2D eigenvalue weighted by Gasteiger charge is 2.00. The quantitative estimate of drug-likeness (QED) is 0.376. The first-order valence-corrected chi connectivity index (χ1v) is 2.73. The first-order valence-electron chi connectivity index (χ1n) is 2.32. The van der Waals surface area contributed by atoms with Crippen LogP contribution >= 0.6 is 8.72 Å². The zero-order valence-electron chi connectivity index (χ0n) is 4.69. The molecule has 2 N–H and O–H groups in total. The van der Waals surface area contributed by atoms with Crippen molar-refractivity contribution in [2.75, 3.05) is 0 Å². The molecule has 0 aliphatic heterocycles. The minimum Gasteiger partial charge on any atom is -0.364 e. The van der Waals surface area contributed by atoms with E-state index in [2.05, 4.69) is 0 Å². The van der Waals surface area contributed by atoms with Crippen LogP contribution in [0.1, 0.15) is 0 Å². The van der Waals surface area contributed by atoms with Crippen molar-refractivity contribution >= 4 is 23.1 Å². The highest BCUT2D eigenvalue weighted by molar-refractivity contribution is 7.72. The smallest absolute Gasteiger partial charge is 0.274 e. The lowest BCUT2D eigenvalue weighted by atomic mass is 9.76. The van der Waals surface area contributed by atoms with Crippen molar-refractivity contribution in [2.45, 2.75) is 6.22 Å². The van der Waals surface area contributed by atoms with Crippen molar-refractivity contribution in [3.05, 3.63) is 0 Å². The molecule has 0 spiro atoms. The fourth-order valence-corrected chi connectivity index (χ4v) is 0.207. The second-order valence-electron chi connectivity index (χ2n) is 1.07. The van der Waals surface area contributed by atoms with Crippen molar-refractivity contribution in [2.24, 2.45) is 5.64 Å². The average Bonchev–Trinajstić information content (AvgIpc) is 1.65. The summed E-state index contributed by atoms with van der Waals surface area (Å²) in [6, 6.07) is 0. The summed E-state index contributed by atoms with van der Waals surface area (Å²) in [5.74, 6) is 0. The topological polar surface area (TPSA) is 26.0 Å². The Balaban J connectivity index is 3.14. The third kappa shape index (κ3) is 2.67. The summed E-state index contributed by atoms with van der Waals surface area (Å²) in [6.45, 7) is -0.532. The maximum Gasteiger partial charge on any atom is 0.274 e. The molecule has 1 unspecified atom stereocenters. The Morgan fingerprint density at radius 3 is 2.83 bits per heavy atom. The van der Waals surface area contributed by atoms with Crippen LogP contribution in [0.5, 0.6) is 0 Å². The summed E-state index contributed by atoms with van der Waals surface area (Å²) in [5, 5.41) is 0. The monoisotopic (exact) mass is 107 g/mol. The van der Waals surface area contributed by atoms with E-state index in [4.69, 9.17) is 6.92 Å². The Bertz CT molecular complexity index is 55.0. The van der Waals surface area contributed by atoms with Crippen LogP contribution in [0.25, 0.3) is 0 Å². The van der Waals surface area contributed by atoms with E-state index in [-0.39, 0.29) is 0 Å². The van der Waals surface area contributed by atoms with Gasteiger partial charge in [-0.15, -0.1) is 0 Å². The van der Waals surface area contributed by atoms with E-state index in [9.17, 15) is 4.20 Å². The highest BCUT2D eigenvalue weighted by atomic mass is 31.1. The maximum absolute atomic E-state index is 11.7. The zero-order chi connectivity index (χ0) is 5.86. The van der Waals surface area contributed by atoms with Crippen molar-refractivity contribution < 1.29 is 4.20 Å². The van der Waals surface area contributed by atoms with Crippen LogP contribution in [0, 0.1) is 0 Å². The average molecular weight is 107 g/mol. The molecule has 0 aliphatic rings. The van der Waals surface area contributed by atoms with E-state index in [0.717, 1.165) is 0 Å². The maximum atomic E-state index is 11.7. The number of halogens is 1. The zero-order valence-corrected chi connectivity index (χ0v) is 4.58. The number of hydrogen-bond donors (Lipinski definition) is 1. The van der Waals surface area contributed by atoms with Gasteiger partial charge in [-0.3, -0.25) is 0 Å². The molecule has 0 aromatic carbocycles. The molecule has 0 aromatic rings. The Labute approximate surface area is 41.5 Å². The fourth-order valence-electron chi connectivity index (χ4n) is 0.0690. The second kappa shape index (κ2) is 3.63. The molecule has 34 valence electrons. The van der Waals surface area contributed by atoms with Gasteiger partial charge in [-0.2, -0.15) is 0 Å². The Morgan fingerprint density at radius 1 is 2.33 bits per heavy atom. The van der Waals surface area contributed by atoms with E-state index in [1.54, 1.807) is 7.85 Å². The molecule has 0 saturated carbocycles. The molecule has 6 heavy (non-hydrogen) atoms. The van der Waals surface area contributed by atoms with Crippen molar-refractivity contribution in [1.82, 2.24) is 0 Å². The van der Waals surface area contributed by atoms with E-state index in [1.165, 1.54) is 0 Å². The van der Waals surface area contributed by atoms with Gasteiger partial charge >= 0.3 is 0 Å². The van der Waals surface area contributed by atoms with Gasteiger partial charge in [-0.1, -0.05) is 6.22 Å². The van der Waals surface area contributed by atoms with Gasteiger partial charge in [0.1, 0.15) is 0 Å². The Morgan fingerprint density at radius 2 is 2.83 bits per heavy atom. The van der Waals surface area contributed by atoms with Gasteiger partial charge in [0.15, 0.2) is 0 Å². The summed E-state index contributed by atoms with van der Waals surface area (Å²) < 4.78 is 18.2. The van der Waals surface area contributed by atoms with Gasteiger partial charge in [0, 0.05) is 8.72 Å². The standard InChI is InChI=1S/CH7B2FNP/c2-1-3(5)6-4/h6H,1-2,5H2/i6T. The summed E-state index contributed by atoms with van der Waals surface area (Å²) in [5.41, 5.74) is 5.08. The van der Waals surface area contributed by atoms with E-state index < -0.39 is 15.3 Å². The molecule has 0 saturated heterocycles. The number of hydrogen-bond acceptors (Lipinski definition) is 1. The van der Waals surface area contributed by atoms with Crippen LogP contribution in [-0.4, -0.2) is 15.7 Å². The molecule has 0 radical (unpaired) electrons. The fraction of sp³-hybridized carbons (Fsp3) is 1.00. The van der Waals surface area contributed by atoms with Gasteiger partial charge in [0.05, 0.1) is 9.12 Å². The molecule has 0 bridgehead atoms. The summed E-state index contributed by atoms with van der Waals surface area (Å²) in [4.78, 5) is 0. The largest absolute Gasteiger partial charge is 0.364 e. The van der Waals surface area contributed by atoms with Crippen LogP contribution in [-0.2, 0) is 0 Å². The van der Waals surface area contributed by atoms with E-state index in [0.29, 0.717) is 6.22 Å². The molecule has 5 heteroatoms. The van der Waals surface area contributed by atoms with Crippen molar-refractivity contribution in [1.29, 1.82) is 1.28 Å². The van der Waals surface area contributed by atoms with Gasteiger partial charge in [0.2, 0.25) is 0 Å². The third-order valence-corrected chi connectivity index (χ3v) is 1.16. The Kier molecular flexibility index (Phi) is 2.79. The Hall–Kier alpha value is 0.450. The molecule has 0 fully saturated rings. The summed E-state index contributed by atoms with van der Waals surface area (Å²) in [6.07, 6.45) is 0.561. The minimum absolute atomic E-state index is 0.532. The molecular weight excluding hydrogens is 97.6 g/mol. The summed E-state index contributed by atoms with van der Waals surface area (Å²) >= 11 is 0. The molecule has 1 nitrogen and oxygen atoms in total. The highest BCUT2D eigenvalue weighted by Crippen LogP contribution is 2.12. The number of nitrogens with two attached hydrogens (primary N) is 1. The normalized spacial score (nSPS) is 16.0. The number of rotatable bonds is 2. The minimum atomic E-state index is -2.13. The van der Waals surface area contributed by atoms with Gasteiger partial charge in [-0.25, -0.2) is 4.20 Å². The second-order valence-corrected chi connectivity index (χ2v) is 1.93. The molecule has 0 amide bonds. The van der Waals surface area contributed by atoms with Crippen LogP contribution in [0.4, 0.5) is 4.20 Å². The lowest BCUT2D eigenvalue weighted by Crippen LogP contribution is -2.17. The molecular formula is CH7B2FNP. The van der Waals surface area contributed by atoms with E-state index in [1.807, 2.05) is 0 Å². The van der Waals surface area contributed by atoms with Gasteiger partial charge < -0.3 is 5.64 Å². The van der Waals surface area contributed by atoms with E-state index >= 15 is 0 Å². The molecule has 0 aliphatic carbocycles. The van der Waals surface area contributed by atoms with Crippen molar-refractivity contribution in [3.63, 3.8) is 0 Å². The van der Waals surface area contributed by atoms with Gasteiger partial charge in [-0.05, 0) is 0 Å². The predicted molar refractivity (Wildman–Crippen MR) is 32.7 cm³/mol. The van der Waals surface area contributed by atoms with Crippen LogP contribution in [0.3, 0.4) is 0 Å². The molecule has 1 atom stereocenters. The van der Waals surface area contributed by atoms with Crippen LogP contribution in [0.15, 0.2) is 0 Å². The summed E-state index contributed by atoms with van der Waals surface area (Å²) in [7, 11) is -0.362. The molecule has 0 rings (SSSR count). The lowest BCUT2D eigenvalue weighted by molar-refractivity contribution is 0.932. The first kappa shape index (κ1) is 4.60.